The average molecular weight is 316 g/mol. The third kappa shape index (κ3) is 3.29. The summed E-state index contributed by atoms with van der Waals surface area (Å²) in [4.78, 5) is 12.2. The Balaban J connectivity index is 1.24. The number of rotatable bonds is 5. The Morgan fingerprint density at radius 3 is 2.96 bits per heavy atom. The van der Waals surface area contributed by atoms with E-state index < -0.39 is 0 Å². The van der Waals surface area contributed by atoms with E-state index in [0.717, 1.165) is 49.3 Å². The van der Waals surface area contributed by atoms with Crippen LogP contribution in [0.2, 0.25) is 0 Å². The number of nitrogens with zero attached hydrogens (tertiary/aromatic N) is 3. The maximum atomic E-state index is 12.2. The van der Waals surface area contributed by atoms with Crippen molar-refractivity contribution in [1.29, 1.82) is 0 Å². The smallest absolute Gasteiger partial charge is 0.220 e. The summed E-state index contributed by atoms with van der Waals surface area (Å²) in [6, 6.07) is 0. The third-order valence-corrected chi connectivity index (χ3v) is 6.19. The molecule has 3 aliphatic rings. The highest BCUT2D eigenvalue weighted by molar-refractivity contribution is 5.76. The molecule has 3 atom stereocenters. The average Bonchev–Trinajstić information content (AvgIpc) is 3.20. The second-order valence-corrected chi connectivity index (χ2v) is 7.73. The molecule has 2 aliphatic carbocycles. The molecule has 1 aromatic heterocycles. The van der Waals surface area contributed by atoms with E-state index in [0.29, 0.717) is 12.5 Å². The van der Waals surface area contributed by atoms with E-state index in [1.165, 1.54) is 44.9 Å². The molecule has 2 heterocycles. The predicted molar refractivity (Wildman–Crippen MR) is 87.8 cm³/mol. The van der Waals surface area contributed by atoms with Crippen LogP contribution in [0, 0.1) is 17.8 Å². The summed E-state index contributed by atoms with van der Waals surface area (Å²) in [6.07, 6.45) is 11.7. The molecule has 0 saturated heterocycles. The molecule has 1 aliphatic heterocycles. The topological polar surface area (TPSA) is 59.8 Å². The molecule has 5 heteroatoms. The van der Waals surface area contributed by atoms with Crippen LogP contribution in [0.25, 0.3) is 0 Å². The van der Waals surface area contributed by atoms with Crippen LogP contribution in [0.4, 0.5) is 0 Å². The van der Waals surface area contributed by atoms with Crippen LogP contribution >= 0.6 is 0 Å². The van der Waals surface area contributed by atoms with Gasteiger partial charge >= 0.3 is 0 Å². The number of nitrogens with one attached hydrogen (secondary N) is 1. The number of carbonyl (C=O) groups is 1. The highest BCUT2D eigenvalue weighted by atomic mass is 16.1. The summed E-state index contributed by atoms with van der Waals surface area (Å²) in [5, 5.41) is 11.8. The molecule has 0 radical (unpaired) electrons. The van der Waals surface area contributed by atoms with E-state index >= 15 is 0 Å². The Bertz CT molecular complexity index is 567. The van der Waals surface area contributed by atoms with Crippen LogP contribution in [0.3, 0.4) is 0 Å². The van der Waals surface area contributed by atoms with Gasteiger partial charge in [-0.1, -0.05) is 12.8 Å². The SMILES string of the molecule is O=C(CC1CC2CCC1C2)NCCc1nnc2n1CCCCC2. The van der Waals surface area contributed by atoms with Crippen molar-refractivity contribution in [1.82, 2.24) is 20.1 Å². The van der Waals surface area contributed by atoms with Gasteiger partial charge in [0.15, 0.2) is 0 Å². The zero-order valence-electron chi connectivity index (χ0n) is 14.0. The molecule has 1 N–H and O–H groups in total. The van der Waals surface area contributed by atoms with Crippen LogP contribution in [0.15, 0.2) is 0 Å². The first-order valence-corrected chi connectivity index (χ1v) is 9.47. The van der Waals surface area contributed by atoms with Gasteiger partial charge in [0.1, 0.15) is 11.6 Å². The second kappa shape index (κ2) is 6.62. The molecule has 2 fully saturated rings. The number of fused-ring (bicyclic) bond motifs is 3. The zero-order chi connectivity index (χ0) is 15.6. The maximum Gasteiger partial charge on any atom is 0.220 e. The van der Waals surface area contributed by atoms with E-state index in [2.05, 4.69) is 20.1 Å². The van der Waals surface area contributed by atoms with Crippen molar-refractivity contribution in [2.24, 2.45) is 17.8 Å². The molecular weight excluding hydrogens is 288 g/mol. The zero-order valence-corrected chi connectivity index (χ0v) is 14.0. The van der Waals surface area contributed by atoms with Crippen LogP contribution in [0.5, 0.6) is 0 Å². The lowest BCUT2D eigenvalue weighted by molar-refractivity contribution is -0.122. The van der Waals surface area contributed by atoms with Crippen molar-refractivity contribution in [2.75, 3.05) is 6.54 Å². The maximum absolute atomic E-state index is 12.2. The van der Waals surface area contributed by atoms with Gasteiger partial charge < -0.3 is 9.88 Å². The van der Waals surface area contributed by atoms with E-state index in [9.17, 15) is 4.79 Å². The van der Waals surface area contributed by atoms with Gasteiger partial charge in [-0.25, -0.2) is 0 Å². The molecule has 126 valence electrons. The fourth-order valence-corrected chi connectivity index (χ4v) is 4.98. The largest absolute Gasteiger partial charge is 0.356 e. The fourth-order valence-electron chi connectivity index (χ4n) is 4.98. The Morgan fingerprint density at radius 1 is 1.17 bits per heavy atom. The Morgan fingerprint density at radius 2 is 2.13 bits per heavy atom. The number of amides is 1. The molecule has 0 spiro atoms. The molecule has 1 amide bonds. The summed E-state index contributed by atoms with van der Waals surface area (Å²) in [7, 11) is 0. The van der Waals surface area contributed by atoms with Gasteiger partial charge in [-0.3, -0.25) is 4.79 Å². The van der Waals surface area contributed by atoms with Crippen LogP contribution in [-0.4, -0.2) is 27.2 Å². The lowest BCUT2D eigenvalue weighted by Crippen LogP contribution is -2.29. The molecular formula is C18H28N4O. The van der Waals surface area contributed by atoms with Crippen LogP contribution in [-0.2, 0) is 24.2 Å². The molecule has 3 unspecified atom stereocenters. The van der Waals surface area contributed by atoms with Gasteiger partial charge in [0.2, 0.25) is 5.91 Å². The molecule has 2 bridgehead atoms. The van der Waals surface area contributed by atoms with Gasteiger partial charge in [0.05, 0.1) is 0 Å². The number of carbonyl (C=O) groups excluding carboxylic acids is 1. The Labute approximate surface area is 138 Å². The molecule has 5 nitrogen and oxygen atoms in total. The molecule has 4 rings (SSSR count). The lowest BCUT2D eigenvalue weighted by atomic mass is 9.86. The standard InChI is InChI=1S/C18H28N4O/c23-18(12-15-11-13-5-6-14(15)10-13)19-8-7-17-21-20-16-4-2-1-3-9-22(16)17/h13-15H,1-12H2,(H,19,23). The van der Waals surface area contributed by atoms with Crippen molar-refractivity contribution in [3.05, 3.63) is 11.6 Å². The number of hydrogen-bond donors (Lipinski definition) is 1. The van der Waals surface area contributed by atoms with Crippen LogP contribution < -0.4 is 5.32 Å². The minimum absolute atomic E-state index is 0.234. The first-order valence-electron chi connectivity index (χ1n) is 9.47. The normalized spacial score (nSPS) is 29.3. The fraction of sp³-hybridized carbons (Fsp3) is 0.833. The lowest BCUT2D eigenvalue weighted by Gasteiger charge is -2.20. The number of aromatic nitrogens is 3. The minimum Gasteiger partial charge on any atom is -0.356 e. The Kier molecular flexibility index (Phi) is 4.36. The van der Waals surface area contributed by atoms with Crippen molar-refractivity contribution < 1.29 is 4.79 Å². The van der Waals surface area contributed by atoms with E-state index in [1.54, 1.807) is 0 Å². The van der Waals surface area contributed by atoms with E-state index in [-0.39, 0.29) is 5.91 Å². The monoisotopic (exact) mass is 316 g/mol. The van der Waals surface area contributed by atoms with Gasteiger partial charge in [-0.05, 0) is 49.9 Å². The van der Waals surface area contributed by atoms with Crippen LogP contribution in [0.1, 0.15) is 63.0 Å². The Hall–Kier alpha value is -1.39. The summed E-state index contributed by atoms with van der Waals surface area (Å²) in [5.74, 6) is 4.81. The molecule has 1 aromatic rings. The van der Waals surface area contributed by atoms with Crippen molar-refractivity contribution >= 4 is 5.91 Å². The molecule has 2 saturated carbocycles. The summed E-state index contributed by atoms with van der Waals surface area (Å²) >= 11 is 0. The van der Waals surface area contributed by atoms with Gasteiger partial charge in [-0.2, -0.15) is 0 Å². The predicted octanol–water partition coefficient (Wildman–Crippen LogP) is 2.49. The molecule has 23 heavy (non-hydrogen) atoms. The van der Waals surface area contributed by atoms with Gasteiger partial charge in [-0.15, -0.1) is 10.2 Å². The summed E-state index contributed by atoms with van der Waals surface area (Å²) in [6.45, 7) is 1.73. The van der Waals surface area contributed by atoms with Crippen molar-refractivity contribution in [2.45, 2.75) is 70.8 Å². The molecule has 0 aromatic carbocycles. The third-order valence-electron chi connectivity index (χ3n) is 6.19. The number of hydrogen-bond acceptors (Lipinski definition) is 3. The van der Waals surface area contributed by atoms with E-state index in [4.69, 9.17) is 0 Å². The first kappa shape index (κ1) is 15.2. The quantitative estimate of drug-likeness (QED) is 0.908. The highest BCUT2D eigenvalue weighted by Crippen LogP contribution is 2.49. The summed E-state index contributed by atoms with van der Waals surface area (Å²) < 4.78 is 2.27. The second-order valence-electron chi connectivity index (χ2n) is 7.73. The van der Waals surface area contributed by atoms with Crippen molar-refractivity contribution in [3.63, 3.8) is 0 Å². The minimum atomic E-state index is 0.234. The van der Waals surface area contributed by atoms with Gasteiger partial charge in [0.25, 0.3) is 0 Å². The highest BCUT2D eigenvalue weighted by Gasteiger charge is 2.39. The summed E-state index contributed by atoms with van der Waals surface area (Å²) in [5.41, 5.74) is 0. The van der Waals surface area contributed by atoms with Crippen molar-refractivity contribution in [3.8, 4) is 0 Å². The van der Waals surface area contributed by atoms with E-state index in [1.807, 2.05) is 0 Å². The first-order chi connectivity index (χ1) is 11.3. The number of aryl methyl sites for hydroxylation is 1. The van der Waals surface area contributed by atoms with Gasteiger partial charge in [0, 0.05) is 32.4 Å².